The van der Waals surface area contributed by atoms with Gasteiger partial charge in [-0.2, -0.15) is 9.78 Å². The number of nitro benzene ring substituents is 1. The first-order valence-corrected chi connectivity index (χ1v) is 13.1. The molecule has 0 amide bonds. The Morgan fingerprint density at radius 2 is 1.81 bits per heavy atom. The van der Waals surface area contributed by atoms with Gasteiger partial charge in [0.05, 0.1) is 34.5 Å². The average molecular weight is 581 g/mol. The number of furan rings is 1. The highest BCUT2D eigenvalue weighted by molar-refractivity contribution is 6.31. The molecule has 2 heterocycles. The van der Waals surface area contributed by atoms with Gasteiger partial charge < -0.3 is 13.9 Å². The zero-order chi connectivity index (χ0) is 29.2. The molecule has 0 saturated heterocycles. The number of rotatable bonds is 8. The SMILES string of the molecule is COc1cccc2oc(-c3nc4ccccc4c(=O)n3N=Cc3cc([N+](=O)[O-])ccc3OCc3ccccc3Cl)cc12. The smallest absolute Gasteiger partial charge is 0.282 e. The predicted molar refractivity (Wildman–Crippen MR) is 160 cm³/mol. The van der Waals surface area contributed by atoms with Crippen LogP contribution in [0.2, 0.25) is 5.02 Å². The molecule has 208 valence electrons. The van der Waals surface area contributed by atoms with Crippen LogP contribution in [0.3, 0.4) is 0 Å². The van der Waals surface area contributed by atoms with Gasteiger partial charge in [-0.25, -0.2) is 4.98 Å². The number of fused-ring (bicyclic) bond motifs is 2. The van der Waals surface area contributed by atoms with Crippen LogP contribution in [0.15, 0.2) is 105 Å². The quantitative estimate of drug-likeness (QED) is 0.110. The summed E-state index contributed by atoms with van der Waals surface area (Å²) < 4.78 is 18.6. The molecule has 0 atom stereocenters. The lowest BCUT2D eigenvalue weighted by Gasteiger charge is -2.11. The molecule has 6 aromatic rings. The number of para-hydroxylation sites is 1. The van der Waals surface area contributed by atoms with Crippen molar-refractivity contribution in [1.82, 2.24) is 9.66 Å². The van der Waals surface area contributed by atoms with E-state index in [9.17, 15) is 14.9 Å². The minimum atomic E-state index is -0.522. The van der Waals surface area contributed by atoms with Crippen molar-refractivity contribution >= 4 is 45.4 Å². The number of nitro groups is 1. The maximum Gasteiger partial charge on any atom is 0.282 e. The summed E-state index contributed by atoms with van der Waals surface area (Å²) in [4.78, 5) is 29.4. The molecule has 0 unspecified atom stereocenters. The van der Waals surface area contributed by atoms with Crippen LogP contribution in [0.25, 0.3) is 33.5 Å². The third-order valence-electron chi connectivity index (χ3n) is 6.57. The van der Waals surface area contributed by atoms with Crippen molar-refractivity contribution in [2.45, 2.75) is 6.61 Å². The van der Waals surface area contributed by atoms with Crippen molar-refractivity contribution in [1.29, 1.82) is 0 Å². The molecule has 0 radical (unpaired) electrons. The highest BCUT2D eigenvalue weighted by Crippen LogP contribution is 2.33. The topological polar surface area (TPSA) is 122 Å². The zero-order valence-electron chi connectivity index (χ0n) is 22.1. The summed E-state index contributed by atoms with van der Waals surface area (Å²) in [5.41, 5.74) is 1.37. The van der Waals surface area contributed by atoms with Gasteiger partial charge in [-0.1, -0.05) is 48.0 Å². The second-order valence-corrected chi connectivity index (χ2v) is 9.56. The summed E-state index contributed by atoms with van der Waals surface area (Å²) in [7, 11) is 1.56. The highest BCUT2D eigenvalue weighted by atomic mass is 35.5. The van der Waals surface area contributed by atoms with Crippen molar-refractivity contribution in [3.63, 3.8) is 0 Å². The third kappa shape index (κ3) is 5.06. The Kier molecular flexibility index (Phi) is 7.12. The highest BCUT2D eigenvalue weighted by Gasteiger charge is 2.18. The maximum atomic E-state index is 13.7. The lowest BCUT2D eigenvalue weighted by molar-refractivity contribution is -0.384. The fourth-order valence-corrected chi connectivity index (χ4v) is 4.68. The van der Waals surface area contributed by atoms with Crippen LogP contribution in [0, 0.1) is 10.1 Å². The molecule has 2 aromatic heterocycles. The summed E-state index contributed by atoms with van der Waals surface area (Å²) in [6.07, 6.45) is 1.32. The monoisotopic (exact) mass is 580 g/mol. The zero-order valence-corrected chi connectivity index (χ0v) is 22.8. The van der Waals surface area contributed by atoms with E-state index in [1.165, 1.54) is 24.4 Å². The lowest BCUT2D eigenvalue weighted by atomic mass is 10.2. The van der Waals surface area contributed by atoms with Gasteiger partial charge in [0.25, 0.3) is 11.2 Å². The van der Waals surface area contributed by atoms with E-state index in [1.54, 1.807) is 67.8 Å². The Hall–Kier alpha value is -5.48. The molecular formula is C31H21ClN4O6. The van der Waals surface area contributed by atoms with E-state index in [0.29, 0.717) is 38.4 Å². The molecule has 0 N–H and O–H groups in total. The third-order valence-corrected chi connectivity index (χ3v) is 6.94. The first-order valence-electron chi connectivity index (χ1n) is 12.7. The van der Waals surface area contributed by atoms with Crippen LogP contribution >= 0.6 is 11.6 Å². The number of aromatic nitrogens is 2. The van der Waals surface area contributed by atoms with Gasteiger partial charge in [0.15, 0.2) is 5.76 Å². The number of ether oxygens (including phenoxy) is 2. The van der Waals surface area contributed by atoms with Crippen LogP contribution in [-0.2, 0) is 6.61 Å². The van der Waals surface area contributed by atoms with Gasteiger partial charge in [0.1, 0.15) is 23.7 Å². The molecule has 0 spiro atoms. The van der Waals surface area contributed by atoms with Crippen LogP contribution < -0.4 is 15.0 Å². The number of halogens is 1. The molecule has 0 aliphatic rings. The Labute approximate surface area is 243 Å². The van der Waals surface area contributed by atoms with Gasteiger partial charge in [0.2, 0.25) is 5.82 Å². The first kappa shape index (κ1) is 26.7. The Morgan fingerprint density at radius 3 is 2.62 bits per heavy atom. The molecule has 0 bridgehead atoms. The minimum absolute atomic E-state index is 0.113. The number of non-ortho nitro benzene ring substituents is 1. The van der Waals surface area contributed by atoms with Crippen molar-refractivity contribution in [2.75, 3.05) is 7.11 Å². The second-order valence-electron chi connectivity index (χ2n) is 9.16. The first-order chi connectivity index (χ1) is 20.4. The average Bonchev–Trinajstić information content (AvgIpc) is 3.45. The molecule has 6 rings (SSSR count). The van der Waals surface area contributed by atoms with E-state index in [-0.39, 0.29) is 29.4 Å². The number of nitrogens with zero attached hydrogens (tertiary/aromatic N) is 4. The molecule has 4 aromatic carbocycles. The number of methoxy groups -OCH3 is 1. The fourth-order valence-electron chi connectivity index (χ4n) is 4.49. The molecule has 0 aliphatic heterocycles. The van der Waals surface area contributed by atoms with Crippen molar-refractivity contribution in [3.05, 3.63) is 128 Å². The maximum absolute atomic E-state index is 13.7. The predicted octanol–water partition coefficient (Wildman–Crippen LogP) is 6.84. The van der Waals surface area contributed by atoms with Gasteiger partial charge in [-0.3, -0.25) is 14.9 Å². The number of benzene rings is 4. The largest absolute Gasteiger partial charge is 0.496 e. The van der Waals surface area contributed by atoms with E-state index >= 15 is 0 Å². The number of hydrogen-bond donors (Lipinski definition) is 0. The lowest BCUT2D eigenvalue weighted by Crippen LogP contribution is -2.20. The Balaban J connectivity index is 1.48. The van der Waals surface area contributed by atoms with Gasteiger partial charge in [0, 0.05) is 28.3 Å². The summed E-state index contributed by atoms with van der Waals surface area (Å²) >= 11 is 6.27. The van der Waals surface area contributed by atoms with Crippen molar-refractivity contribution < 1.29 is 18.8 Å². The summed E-state index contributed by atoms with van der Waals surface area (Å²) in [6.45, 7) is 0.113. The second kappa shape index (κ2) is 11.2. The van der Waals surface area contributed by atoms with E-state index in [2.05, 4.69) is 10.1 Å². The molecule has 0 saturated carbocycles. The molecule has 0 fully saturated rings. The van der Waals surface area contributed by atoms with E-state index in [0.717, 1.165) is 10.2 Å². The van der Waals surface area contributed by atoms with Crippen LogP contribution in [0.1, 0.15) is 11.1 Å². The van der Waals surface area contributed by atoms with Crippen LogP contribution in [0.4, 0.5) is 5.69 Å². The van der Waals surface area contributed by atoms with Gasteiger partial charge >= 0.3 is 0 Å². The summed E-state index contributed by atoms with van der Waals surface area (Å²) in [5, 5.41) is 17.6. The van der Waals surface area contributed by atoms with E-state index in [1.807, 2.05) is 12.1 Å². The standard InChI is InChI=1S/C31H21ClN4O6/c1-40-27-11-6-12-28-23(27)16-29(42-28)30-34-25-10-5-3-8-22(25)31(37)35(30)33-17-20-15-21(36(38)39)13-14-26(20)41-18-19-7-2-4-9-24(19)32/h2-17H,18H2,1H3. The minimum Gasteiger partial charge on any atom is -0.496 e. The normalized spacial score (nSPS) is 11.4. The van der Waals surface area contributed by atoms with Crippen molar-refractivity contribution in [3.8, 4) is 23.1 Å². The number of hydrogen-bond acceptors (Lipinski definition) is 8. The summed E-state index contributed by atoms with van der Waals surface area (Å²) in [5.74, 6) is 1.32. The van der Waals surface area contributed by atoms with Gasteiger partial charge in [-0.15, -0.1) is 0 Å². The molecule has 0 aliphatic carbocycles. The molecule has 42 heavy (non-hydrogen) atoms. The Morgan fingerprint density at radius 1 is 1.00 bits per heavy atom. The molecule has 10 nitrogen and oxygen atoms in total. The van der Waals surface area contributed by atoms with E-state index < -0.39 is 10.5 Å². The fraction of sp³-hybridized carbons (Fsp3) is 0.0645. The summed E-state index contributed by atoms with van der Waals surface area (Å²) in [6, 6.07) is 25.3. The van der Waals surface area contributed by atoms with Gasteiger partial charge in [-0.05, 0) is 42.5 Å². The molecular weight excluding hydrogens is 560 g/mol. The van der Waals surface area contributed by atoms with Crippen LogP contribution in [-0.4, -0.2) is 27.9 Å². The Bertz CT molecular complexity index is 2070. The van der Waals surface area contributed by atoms with Crippen molar-refractivity contribution in [2.24, 2.45) is 5.10 Å². The van der Waals surface area contributed by atoms with E-state index in [4.69, 9.17) is 25.5 Å². The molecule has 11 heteroatoms. The van der Waals surface area contributed by atoms with Crippen LogP contribution in [0.5, 0.6) is 11.5 Å².